The fourth-order valence-electron chi connectivity index (χ4n) is 4.59. The van der Waals surface area contributed by atoms with Gasteiger partial charge in [0, 0.05) is 0 Å². The molecule has 0 aromatic rings. The van der Waals surface area contributed by atoms with E-state index in [0.29, 0.717) is 12.5 Å². The Morgan fingerprint density at radius 2 is 1.75 bits per heavy atom. The van der Waals surface area contributed by atoms with Crippen LogP contribution in [0.5, 0.6) is 0 Å². The first-order valence-corrected chi connectivity index (χ1v) is 6.45. The van der Waals surface area contributed by atoms with E-state index in [9.17, 15) is 5.21 Å². The molecular formula is C13H23NO2. The molecule has 2 bridgehead atoms. The molecule has 0 unspecified atom stereocenters. The average molecular weight is 225 g/mol. The maximum atomic E-state index is 10.6. The van der Waals surface area contributed by atoms with E-state index >= 15 is 0 Å². The molecule has 0 amide bonds. The van der Waals surface area contributed by atoms with Gasteiger partial charge in [0.15, 0.2) is 0 Å². The van der Waals surface area contributed by atoms with Gasteiger partial charge in [-0.15, -0.1) is 0 Å². The molecular weight excluding hydrogens is 202 g/mol. The molecule has 1 saturated heterocycles. The van der Waals surface area contributed by atoms with E-state index in [1.54, 1.807) is 5.06 Å². The molecule has 0 aromatic carbocycles. The monoisotopic (exact) mass is 225 g/mol. The van der Waals surface area contributed by atoms with Gasteiger partial charge in [0.2, 0.25) is 0 Å². The number of fused-ring (bicyclic) bond motifs is 3. The number of rotatable bonds is 0. The summed E-state index contributed by atoms with van der Waals surface area (Å²) in [5.41, 5.74) is -0.500. The molecule has 3 nitrogen and oxygen atoms in total. The lowest BCUT2D eigenvalue weighted by Gasteiger charge is -2.50. The third kappa shape index (κ3) is 0.964. The highest BCUT2D eigenvalue weighted by molar-refractivity contribution is 5.18. The first-order valence-electron chi connectivity index (χ1n) is 6.45. The quantitative estimate of drug-likeness (QED) is 0.688. The highest BCUT2D eigenvalue weighted by Gasteiger charge is 2.70. The lowest BCUT2D eigenvalue weighted by molar-refractivity contribution is -0.266. The van der Waals surface area contributed by atoms with E-state index in [-0.39, 0.29) is 11.0 Å². The number of ether oxygens (including phenoxy) is 1. The van der Waals surface area contributed by atoms with E-state index in [1.165, 1.54) is 19.3 Å². The number of hydrogen-bond acceptors (Lipinski definition) is 3. The summed E-state index contributed by atoms with van der Waals surface area (Å²) in [5.74, 6) is 1.36. The molecule has 3 atom stereocenters. The molecule has 2 aliphatic carbocycles. The normalized spacial score (nSPS) is 49.3. The fraction of sp³-hybridized carbons (Fsp3) is 1.00. The van der Waals surface area contributed by atoms with Crippen LogP contribution < -0.4 is 0 Å². The van der Waals surface area contributed by atoms with Crippen molar-refractivity contribution >= 4 is 0 Å². The summed E-state index contributed by atoms with van der Waals surface area (Å²) in [6.07, 6.45) is 3.85. The smallest absolute Gasteiger partial charge is 0.138 e. The molecule has 16 heavy (non-hydrogen) atoms. The maximum Gasteiger partial charge on any atom is 0.138 e. The molecule has 3 aliphatic rings. The molecule has 2 saturated carbocycles. The number of hydroxylamine groups is 2. The Labute approximate surface area is 97.7 Å². The van der Waals surface area contributed by atoms with Crippen molar-refractivity contribution in [3.05, 3.63) is 0 Å². The van der Waals surface area contributed by atoms with Crippen LogP contribution in [0, 0.1) is 17.3 Å². The second kappa shape index (κ2) is 2.82. The van der Waals surface area contributed by atoms with Gasteiger partial charge in [0.1, 0.15) is 5.72 Å². The van der Waals surface area contributed by atoms with Crippen LogP contribution in [0.2, 0.25) is 0 Å². The minimum Gasteiger partial charge on any atom is -0.357 e. The summed E-state index contributed by atoms with van der Waals surface area (Å²) < 4.78 is 5.85. The fourth-order valence-corrected chi connectivity index (χ4v) is 4.59. The van der Waals surface area contributed by atoms with Crippen LogP contribution in [0.4, 0.5) is 0 Å². The van der Waals surface area contributed by atoms with E-state index < -0.39 is 5.72 Å². The molecule has 1 heterocycles. The van der Waals surface area contributed by atoms with Gasteiger partial charge in [-0.05, 0) is 50.4 Å². The zero-order chi connectivity index (χ0) is 11.8. The van der Waals surface area contributed by atoms with Gasteiger partial charge in [-0.25, -0.2) is 0 Å². The summed E-state index contributed by atoms with van der Waals surface area (Å²) >= 11 is 0. The van der Waals surface area contributed by atoms with Crippen molar-refractivity contribution in [2.45, 2.75) is 58.2 Å². The van der Waals surface area contributed by atoms with Crippen molar-refractivity contribution in [3.8, 4) is 0 Å². The summed E-state index contributed by atoms with van der Waals surface area (Å²) in [6.45, 7) is 9.23. The Balaban J connectivity index is 2.06. The van der Waals surface area contributed by atoms with Gasteiger partial charge in [-0.1, -0.05) is 13.8 Å². The Morgan fingerprint density at radius 3 is 2.19 bits per heavy atom. The van der Waals surface area contributed by atoms with Gasteiger partial charge < -0.3 is 9.94 Å². The van der Waals surface area contributed by atoms with Crippen molar-refractivity contribution in [2.75, 3.05) is 6.61 Å². The second-order valence-electron chi connectivity index (χ2n) is 6.90. The van der Waals surface area contributed by atoms with Gasteiger partial charge in [0.05, 0.1) is 12.1 Å². The summed E-state index contributed by atoms with van der Waals surface area (Å²) in [6, 6.07) is 0. The SMILES string of the molecule is CC1(C)OC[C@@]2([C@H]3CC[C@H](C3)C2(C)C)N1O. The van der Waals surface area contributed by atoms with Gasteiger partial charge in [-0.3, -0.25) is 0 Å². The third-order valence-corrected chi connectivity index (χ3v) is 5.78. The topological polar surface area (TPSA) is 32.7 Å². The summed E-state index contributed by atoms with van der Waals surface area (Å²) in [5, 5.41) is 12.1. The predicted octanol–water partition coefficient (Wildman–Crippen LogP) is 2.64. The maximum absolute atomic E-state index is 10.6. The van der Waals surface area contributed by atoms with Gasteiger partial charge >= 0.3 is 0 Å². The van der Waals surface area contributed by atoms with Crippen LogP contribution in [0.25, 0.3) is 0 Å². The molecule has 3 heteroatoms. The second-order valence-corrected chi connectivity index (χ2v) is 6.90. The van der Waals surface area contributed by atoms with E-state index in [2.05, 4.69) is 13.8 Å². The number of hydrogen-bond donors (Lipinski definition) is 1. The molecule has 0 aromatic heterocycles. The van der Waals surface area contributed by atoms with Crippen molar-refractivity contribution in [1.82, 2.24) is 5.06 Å². The highest BCUT2D eigenvalue weighted by atomic mass is 16.6. The third-order valence-electron chi connectivity index (χ3n) is 5.78. The molecule has 1 spiro atoms. The highest BCUT2D eigenvalue weighted by Crippen LogP contribution is 2.66. The lowest BCUT2D eigenvalue weighted by Crippen LogP contribution is -2.61. The van der Waals surface area contributed by atoms with Gasteiger partial charge in [0.25, 0.3) is 0 Å². The van der Waals surface area contributed by atoms with Crippen molar-refractivity contribution in [1.29, 1.82) is 0 Å². The van der Waals surface area contributed by atoms with Crippen LogP contribution in [0.3, 0.4) is 0 Å². The minimum absolute atomic E-state index is 0.139. The van der Waals surface area contributed by atoms with Crippen LogP contribution in [0.1, 0.15) is 47.0 Å². The first kappa shape index (κ1) is 11.0. The lowest BCUT2D eigenvalue weighted by atomic mass is 9.63. The Morgan fingerprint density at radius 1 is 1.12 bits per heavy atom. The zero-order valence-electron chi connectivity index (χ0n) is 10.8. The van der Waals surface area contributed by atoms with Crippen LogP contribution in [-0.2, 0) is 4.74 Å². The zero-order valence-corrected chi connectivity index (χ0v) is 10.8. The minimum atomic E-state index is -0.526. The van der Waals surface area contributed by atoms with E-state index in [4.69, 9.17) is 4.74 Å². The summed E-state index contributed by atoms with van der Waals surface area (Å²) in [7, 11) is 0. The standard InChI is InChI=1S/C13H23NO2/c1-11(2)9-5-6-10(7-9)13(11)8-16-12(3,4)14(13)15/h9-10,15H,5-8H2,1-4H3/t9-,10+,13+/m1/s1. The average Bonchev–Trinajstić information content (AvgIpc) is 2.78. The molecule has 1 N–H and O–H groups in total. The van der Waals surface area contributed by atoms with E-state index in [0.717, 1.165) is 5.92 Å². The van der Waals surface area contributed by atoms with Crippen molar-refractivity contribution < 1.29 is 9.94 Å². The van der Waals surface area contributed by atoms with Crippen molar-refractivity contribution in [3.63, 3.8) is 0 Å². The molecule has 1 aliphatic heterocycles. The molecule has 92 valence electrons. The van der Waals surface area contributed by atoms with Gasteiger partial charge in [-0.2, -0.15) is 5.06 Å². The van der Waals surface area contributed by atoms with Crippen LogP contribution in [-0.4, -0.2) is 28.1 Å². The number of nitrogens with zero attached hydrogens (tertiary/aromatic N) is 1. The van der Waals surface area contributed by atoms with Crippen molar-refractivity contribution in [2.24, 2.45) is 17.3 Å². The largest absolute Gasteiger partial charge is 0.357 e. The Bertz CT molecular complexity index is 326. The van der Waals surface area contributed by atoms with Crippen LogP contribution >= 0.6 is 0 Å². The molecule has 3 fully saturated rings. The first-order chi connectivity index (χ1) is 7.32. The van der Waals surface area contributed by atoms with Crippen LogP contribution in [0.15, 0.2) is 0 Å². The predicted molar refractivity (Wildman–Crippen MR) is 61.0 cm³/mol. The molecule has 3 rings (SSSR count). The Kier molecular flexibility index (Phi) is 1.94. The summed E-state index contributed by atoms with van der Waals surface area (Å²) in [4.78, 5) is 0. The molecule has 0 radical (unpaired) electrons. The Hall–Kier alpha value is -0.120. The van der Waals surface area contributed by atoms with E-state index in [1.807, 2.05) is 13.8 Å².